The van der Waals surface area contributed by atoms with Gasteiger partial charge in [0, 0.05) is 20.1 Å². The van der Waals surface area contributed by atoms with Crippen LogP contribution in [0.15, 0.2) is 0 Å². The van der Waals surface area contributed by atoms with Crippen LogP contribution in [-0.4, -0.2) is 43.9 Å². The van der Waals surface area contributed by atoms with Gasteiger partial charge in [0.25, 0.3) is 0 Å². The van der Waals surface area contributed by atoms with Gasteiger partial charge in [-0.15, -0.1) is 0 Å². The molecule has 2 aromatic heterocycles. The molecule has 2 aromatic rings. The van der Waals surface area contributed by atoms with E-state index in [1.807, 2.05) is 18.7 Å². The van der Waals surface area contributed by atoms with E-state index in [0.717, 1.165) is 47.8 Å². The molecule has 0 aliphatic carbocycles. The number of imidazole rings is 1. The minimum absolute atomic E-state index is 0.785. The summed E-state index contributed by atoms with van der Waals surface area (Å²) in [7, 11) is 1.96. The molecule has 2 heterocycles. The zero-order valence-electron chi connectivity index (χ0n) is 11.5. The van der Waals surface area contributed by atoms with E-state index in [2.05, 4.69) is 33.4 Å². The number of aryl methyl sites for hydroxylation is 2. The second kappa shape index (κ2) is 5.24. The van der Waals surface area contributed by atoms with Crippen LogP contribution < -0.4 is 0 Å². The summed E-state index contributed by atoms with van der Waals surface area (Å²) in [5.41, 5.74) is 3.15. The Morgan fingerprint density at radius 2 is 2.00 bits per heavy atom. The minimum Gasteiger partial charge on any atom is -0.328 e. The fraction of sp³-hybridized carbons (Fsp3) is 0.667. The molecule has 0 aliphatic heterocycles. The molecule has 5 nitrogen and oxygen atoms in total. The monoisotopic (exact) mass is 267 g/mol. The molecule has 0 aromatic carbocycles. The van der Waals surface area contributed by atoms with Crippen molar-refractivity contribution in [1.29, 1.82) is 0 Å². The van der Waals surface area contributed by atoms with E-state index >= 15 is 0 Å². The summed E-state index contributed by atoms with van der Waals surface area (Å²) in [6, 6.07) is 0. The zero-order chi connectivity index (χ0) is 13.3. The number of hydrogen-bond acceptors (Lipinski definition) is 3. The fourth-order valence-electron chi connectivity index (χ4n) is 2.36. The van der Waals surface area contributed by atoms with Gasteiger partial charge in [-0.05, 0) is 32.2 Å². The molecule has 0 radical (unpaired) electrons. The first kappa shape index (κ1) is 13.3. The lowest BCUT2D eigenvalue weighted by molar-refractivity contribution is 0.291. The van der Waals surface area contributed by atoms with Gasteiger partial charge in [0.2, 0.25) is 0 Å². The summed E-state index contributed by atoms with van der Waals surface area (Å²) in [4.78, 5) is 5.64. The second-order valence-corrected chi connectivity index (χ2v) is 4.90. The molecule has 0 fully saturated rings. The summed E-state index contributed by atoms with van der Waals surface area (Å²) in [5.74, 6) is 0. The van der Waals surface area contributed by atoms with Crippen molar-refractivity contribution in [3.63, 3.8) is 0 Å². The molecule has 2 rings (SSSR count). The van der Waals surface area contributed by atoms with Crippen molar-refractivity contribution < 1.29 is 0 Å². The van der Waals surface area contributed by atoms with Gasteiger partial charge in [0.05, 0.1) is 5.69 Å². The fourth-order valence-corrected chi connectivity index (χ4v) is 2.64. The number of nitrogens with zero attached hydrogens (tertiary/aromatic N) is 4. The van der Waals surface area contributed by atoms with Crippen molar-refractivity contribution >= 4 is 23.4 Å². The van der Waals surface area contributed by atoms with E-state index in [4.69, 9.17) is 12.2 Å². The highest BCUT2D eigenvalue weighted by molar-refractivity contribution is 7.71. The minimum atomic E-state index is 0.785. The summed E-state index contributed by atoms with van der Waals surface area (Å²) >= 11 is 5.40. The van der Waals surface area contributed by atoms with Crippen molar-refractivity contribution in [2.45, 2.75) is 27.3 Å². The van der Waals surface area contributed by atoms with E-state index in [9.17, 15) is 0 Å². The Balaban J connectivity index is 2.33. The maximum absolute atomic E-state index is 5.40. The molecule has 0 unspecified atom stereocenters. The summed E-state index contributed by atoms with van der Waals surface area (Å²) in [6.07, 6.45) is 0. The molecule has 0 spiro atoms. The lowest BCUT2D eigenvalue weighted by Crippen LogP contribution is -2.27. The van der Waals surface area contributed by atoms with Gasteiger partial charge >= 0.3 is 0 Å². The molecule has 1 N–H and O–H groups in total. The lowest BCUT2D eigenvalue weighted by atomic mass is 10.4. The first-order valence-electron chi connectivity index (χ1n) is 6.42. The first-order chi connectivity index (χ1) is 8.58. The van der Waals surface area contributed by atoms with Crippen LogP contribution >= 0.6 is 12.2 Å². The molecule has 0 bridgehead atoms. The normalized spacial score (nSPS) is 11.8. The number of nitrogens with one attached hydrogen (secondary N) is 1. The average Bonchev–Trinajstić information content (AvgIpc) is 2.80. The van der Waals surface area contributed by atoms with Gasteiger partial charge in [-0.1, -0.05) is 13.8 Å². The highest BCUT2D eigenvalue weighted by atomic mass is 32.1. The SMILES string of the molecule is CCN(CC)CCn1c(=S)[nH]c2c(C)nn(C)c21. The van der Waals surface area contributed by atoms with Gasteiger partial charge in [-0.2, -0.15) is 5.10 Å². The molecule has 6 heteroatoms. The lowest BCUT2D eigenvalue weighted by Gasteiger charge is -2.18. The van der Waals surface area contributed by atoms with Crippen LogP contribution in [0.2, 0.25) is 0 Å². The van der Waals surface area contributed by atoms with Crippen LogP contribution in [0.3, 0.4) is 0 Å². The molecule has 0 saturated heterocycles. The summed E-state index contributed by atoms with van der Waals surface area (Å²) in [6.45, 7) is 10.4. The Bertz CT molecular complexity index is 587. The third-order valence-electron chi connectivity index (χ3n) is 3.46. The molecule has 0 aliphatic rings. The second-order valence-electron chi connectivity index (χ2n) is 4.52. The third kappa shape index (κ3) is 2.22. The third-order valence-corrected chi connectivity index (χ3v) is 3.78. The van der Waals surface area contributed by atoms with Crippen molar-refractivity contribution in [3.05, 3.63) is 10.5 Å². The predicted molar refractivity (Wildman–Crippen MR) is 76.4 cm³/mol. The van der Waals surface area contributed by atoms with Crippen molar-refractivity contribution in [1.82, 2.24) is 24.2 Å². The van der Waals surface area contributed by atoms with Crippen molar-refractivity contribution in [2.24, 2.45) is 7.05 Å². The van der Waals surface area contributed by atoms with Crippen molar-refractivity contribution in [2.75, 3.05) is 19.6 Å². The number of rotatable bonds is 5. The molecule has 0 atom stereocenters. The van der Waals surface area contributed by atoms with Crippen LogP contribution in [-0.2, 0) is 13.6 Å². The van der Waals surface area contributed by atoms with Crippen LogP contribution in [0, 0.1) is 11.7 Å². The zero-order valence-corrected chi connectivity index (χ0v) is 12.3. The Labute approximate surface area is 112 Å². The quantitative estimate of drug-likeness (QED) is 0.843. The largest absolute Gasteiger partial charge is 0.328 e. The van der Waals surface area contributed by atoms with Crippen LogP contribution in [0.25, 0.3) is 11.2 Å². The Hall–Kier alpha value is -1.14. The van der Waals surface area contributed by atoms with E-state index in [1.54, 1.807) is 0 Å². The maximum Gasteiger partial charge on any atom is 0.179 e. The molecule has 100 valence electrons. The maximum atomic E-state index is 5.40. The number of likely N-dealkylation sites (N-methyl/N-ethyl adjacent to an activating group) is 1. The van der Waals surface area contributed by atoms with E-state index < -0.39 is 0 Å². The van der Waals surface area contributed by atoms with Crippen LogP contribution in [0.4, 0.5) is 0 Å². The topological polar surface area (TPSA) is 41.8 Å². The summed E-state index contributed by atoms with van der Waals surface area (Å²) < 4.78 is 4.83. The number of fused-ring (bicyclic) bond motifs is 1. The van der Waals surface area contributed by atoms with Gasteiger partial charge in [-0.25, -0.2) is 0 Å². The summed E-state index contributed by atoms with van der Waals surface area (Å²) in [5, 5.41) is 4.42. The number of aromatic nitrogens is 4. The molecular formula is C12H21N5S. The first-order valence-corrected chi connectivity index (χ1v) is 6.83. The van der Waals surface area contributed by atoms with E-state index in [0.29, 0.717) is 0 Å². The van der Waals surface area contributed by atoms with Crippen molar-refractivity contribution in [3.8, 4) is 0 Å². The molecule has 0 amide bonds. The average molecular weight is 267 g/mol. The van der Waals surface area contributed by atoms with Crippen LogP contribution in [0.1, 0.15) is 19.5 Å². The van der Waals surface area contributed by atoms with Gasteiger partial charge < -0.3 is 14.5 Å². The highest BCUT2D eigenvalue weighted by Crippen LogP contribution is 2.16. The van der Waals surface area contributed by atoms with E-state index in [-0.39, 0.29) is 0 Å². The Kier molecular flexibility index (Phi) is 3.87. The number of H-pyrrole nitrogens is 1. The molecule has 18 heavy (non-hydrogen) atoms. The molecular weight excluding hydrogens is 246 g/mol. The Morgan fingerprint density at radius 3 is 2.61 bits per heavy atom. The van der Waals surface area contributed by atoms with Gasteiger partial charge in [-0.3, -0.25) is 4.68 Å². The van der Waals surface area contributed by atoms with Crippen LogP contribution in [0.5, 0.6) is 0 Å². The van der Waals surface area contributed by atoms with Gasteiger partial charge in [0.1, 0.15) is 5.52 Å². The Morgan fingerprint density at radius 1 is 1.33 bits per heavy atom. The highest BCUT2D eigenvalue weighted by Gasteiger charge is 2.12. The predicted octanol–water partition coefficient (Wildman–Crippen LogP) is 2.08. The number of aromatic amines is 1. The number of hydrogen-bond donors (Lipinski definition) is 1. The van der Waals surface area contributed by atoms with Gasteiger partial charge in [0.15, 0.2) is 10.4 Å². The standard InChI is InChI=1S/C12H21N5S/c1-5-16(6-2)7-8-17-11-10(13-12(17)18)9(3)14-15(11)4/h5-8H2,1-4H3,(H,13,18). The molecule has 0 saturated carbocycles. The van der Waals surface area contributed by atoms with E-state index in [1.165, 1.54) is 0 Å². The smallest absolute Gasteiger partial charge is 0.179 e.